The molecule has 1 aromatic rings. The van der Waals surface area contributed by atoms with Crippen LogP contribution in [0.25, 0.3) is 0 Å². The van der Waals surface area contributed by atoms with E-state index in [1.165, 1.54) is 0 Å². The molecule has 1 aromatic carbocycles. The second-order valence-electron chi connectivity index (χ2n) is 4.65. The molecule has 92 valence electrons. The van der Waals surface area contributed by atoms with Crippen LogP contribution in [0.4, 0.5) is 0 Å². The first kappa shape index (κ1) is 12.1. The van der Waals surface area contributed by atoms with E-state index in [1.807, 2.05) is 38.1 Å². The fourth-order valence-corrected chi connectivity index (χ4v) is 1.97. The van der Waals surface area contributed by atoms with Crippen LogP contribution >= 0.6 is 0 Å². The second-order valence-corrected chi connectivity index (χ2v) is 4.65. The Morgan fingerprint density at radius 1 is 1.41 bits per heavy atom. The summed E-state index contributed by atoms with van der Waals surface area (Å²) < 4.78 is 10.7. The highest BCUT2D eigenvalue weighted by Gasteiger charge is 2.27. The van der Waals surface area contributed by atoms with Crippen molar-refractivity contribution in [3.05, 3.63) is 35.4 Å². The molecule has 1 saturated heterocycles. The fourth-order valence-electron chi connectivity index (χ4n) is 1.97. The highest BCUT2D eigenvalue weighted by atomic mass is 16.6. The molecule has 0 unspecified atom stereocenters. The summed E-state index contributed by atoms with van der Waals surface area (Å²) in [5, 5.41) is 0. The van der Waals surface area contributed by atoms with Crippen LogP contribution in [0.3, 0.4) is 0 Å². The number of benzene rings is 1. The standard InChI is InChI=1S/C14H18O3/c1-10-5-3-4-6-12(10)7-14(15)17-13-9-16-8-11(13)2/h3-6,11,13H,7-9H2,1-2H3/t11-,13-/m0/s1. The van der Waals surface area contributed by atoms with Crippen LogP contribution in [0.2, 0.25) is 0 Å². The summed E-state index contributed by atoms with van der Waals surface area (Å²) in [5.41, 5.74) is 2.16. The van der Waals surface area contributed by atoms with Crippen molar-refractivity contribution in [2.45, 2.75) is 26.4 Å². The summed E-state index contributed by atoms with van der Waals surface area (Å²) in [6.07, 6.45) is 0.266. The summed E-state index contributed by atoms with van der Waals surface area (Å²) in [5.74, 6) is 0.137. The number of hydrogen-bond acceptors (Lipinski definition) is 3. The lowest BCUT2D eigenvalue weighted by molar-refractivity contribution is -0.149. The summed E-state index contributed by atoms with van der Waals surface area (Å²) in [6, 6.07) is 7.88. The molecule has 1 heterocycles. The Kier molecular flexibility index (Phi) is 3.79. The van der Waals surface area contributed by atoms with Gasteiger partial charge in [0.1, 0.15) is 6.10 Å². The average Bonchev–Trinajstić information content (AvgIpc) is 2.68. The van der Waals surface area contributed by atoms with Crippen LogP contribution in [-0.2, 0) is 20.7 Å². The minimum atomic E-state index is -0.165. The maximum absolute atomic E-state index is 11.8. The van der Waals surface area contributed by atoms with E-state index in [0.717, 1.165) is 11.1 Å². The second kappa shape index (κ2) is 5.32. The van der Waals surface area contributed by atoms with Gasteiger partial charge in [-0.25, -0.2) is 0 Å². The lowest BCUT2D eigenvalue weighted by Gasteiger charge is -2.14. The van der Waals surface area contributed by atoms with Crippen LogP contribution < -0.4 is 0 Å². The SMILES string of the molecule is Cc1ccccc1CC(=O)O[C@H]1COC[C@@H]1C. The van der Waals surface area contributed by atoms with E-state index in [-0.39, 0.29) is 12.1 Å². The van der Waals surface area contributed by atoms with Crippen molar-refractivity contribution in [2.75, 3.05) is 13.2 Å². The number of aryl methyl sites for hydroxylation is 1. The van der Waals surface area contributed by atoms with Crippen LogP contribution in [0.1, 0.15) is 18.1 Å². The summed E-state index contributed by atoms with van der Waals surface area (Å²) in [6.45, 7) is 5.26. The highest BCUT2D eigenvalue weighted by molar-refractivity contribution is 5.73. The third-order valence-corrected chi connectivity index (χ3v) is 3.18. The van der Waals surface area contributed by atoms with E-state index in [9.17, 15) is 4.79 Å². The van der Waals surface area contributed by atoms with Crippen molar-refractivity contribution in [2.24, 2.45) is 5.92 Å². The zero-order valence-electron chi connectivity index (χ0n) is 10.3. The molecule has 3 nitrogen and oxygen atoms in total. The third-order valence-electron chi connectivity index (χ3n) is 3.18. The van der Waals surface area contributed by atoms with Gasteiger partial charge in [0.15, 0.2) is 0 Å². The number of carbonyl (C=O) groups is 1. The quantitative estimate of drug-likeness (QED) is 0.751. The van der Waals surface area contributed by atoms with Gasteiger partial charge in [0.05, 0.1) is 19.6 Å². The number of ether oxygens (including phenoxy) is 2. The van der Waals surface area contributed by atoms with E-state index in [1.54, 1.807) is 0 Å². The molecule has 1 aliphatic heterocycles. The zero-order chi connectivity index (χ0) is 12.3. The molecule has 0 N–H and O–H groups in total. The van der Waals surface area contributed by atoms with Crippen molar-refractivity contribution < 1.29 is 14.3 Å². The lowest BCUT2D eigenvalue weighted by atomic mass is 10.1. The van der Waals surface area contributed by atoms with Gasteiger partial charge in [-0.3, -0.25) is 4.79 Å². The first-order valence-corrected chi connectivity index (χ1v) is 5.98. The van der Waals surface area contributed by atoms with Gasteiger partial charge in [-0.15, -0.1) is 0 Å². The molecule has 1 aliphatic rings. The van der Waals surface area contributed by atoms with E-state index < -0.39 is 0 Å². The number of carbonyl (C=O) groups excluding carboxylic acids is 1. The minimum Gasteiger partial charge on any atom is -0.459 e. The molecule has 0 saturated carbocycles. The van der Waals surface area contributed by atoms with Crippen molar-refractivity contribution in [3.63, 3.8) is 0 Å². The topological polar surface area (TPSA) is 35.5 Å². The first-order valence-electron chi connectivity index (χ1n) is 5.98. The van der Waals surface area contributed by atoms with Crippen LogP contribution in [0.15, 0.2) is 24.3 Å². The molecule has 3 heteroatoms. The summed E-state index contributed by atoms with van der Waals surface area (Å²) >= 11 is 0. The first-order chi connectivity index (χ1) is 8.16. The monoisotopic (exact) mass is 234 g/mol. The van der Waals surface area contributed by atoms with Crippen molar-refractivity contribution in [1.82, 2.24) is 0 Å². The van der Waals surface area contributed by atoms with Gasteiger partial charge in [0, 0.05) is 5.92 Å². The lowest BCUT2D eigenvalue weighted by Crippen LogP contribution is -2.25. The predicted octanol–water partition coefficient (Wildman–Crippen LogP) is 2.12. The number of hydrogen-bond donors (Lipinski definition) is 0. The zero-order valence-corrected chi connectivity index (χ0v) is 10.3. The van der Waals surface area contributed by atoms with Gasteiger partial charge in [-0.05, 0) is 18.1 Å². The molecule has 0 radical (unpaired) electrons. The van der Waals surface area contributed by atoms with Gasteiger partial charge in [0.2, 0.25) is 0 Å². The van der Waals surface area contributed by atoms with Crippen LogP contribution in [-0.4, -0.2) is 25.3 Å². The highest BCUT2D eigenvalue weighted by Crippen LogP contribution is 2.17. The van der Waals surface area contributed by atoms with Crippen LogP contribution in [0.5, 0.6) is 0 Å². The molecule has 0 aromatic heterocycles. The molecule has 0 spiro atoms. The number of rotatable bonds is 3. The molecule has 0 aliphatic carbocycles. The Labute approximate surface area is 102 Å². The van der Waals surface area contributed by atoms with E-state index in [4.69, 9.17) is 9.47 Å². The Bertz CT molecular complexity index is 400. The molecular formula is C14H18O3. The Hall–Kier alpha value is -1.35. The van der Waals surface area contributed by atoms with Crippen molar-refractivity contribution in [3.8, 4) is 0 Å². The predicted molar refractivity (Wildman–Crippen MR) is 64.7 cm³/mol. The van der Waals surface area contributed by atoms with Gasteiger partial charge in [0.25, 0.3) is 0 Å². The maximum Gasteiger partial charge on any atom is 0.310 e. The molecule has 17 heavy (non-hydrogen) atoms. The van der Waals surface area contributed by atoms with E-state index >= 15 is 0 Å². The normalized spacial score (nSPS) is 23.6. The molecule has 0 bridgehead atoms. The average molecular weight is 234 g/mol. The van der Waals surface area contributed by atoms with Crippen molar-refractivity contribution >= 4 is 5.97 Å². The largest absolute Gasteiger partial charge is 0.459 e. The Morgan fingerprint density at radius 2 is 2.18 bits per heavy atom. The fraction of sp³-hybridized carbons (Fsp3) is 0.500. The van der Waals surface area contributed by atoms with Gasteiger partial charge in [-0.1, -0.05) is 31.2 Å². The molecule has 0 amide bonds. The maximum atomic E-state index is 11.8. The van der Waals surface area contributed by atoms with Gasteiger partial charge < -0.3 is 9.47 Å². The van der Waals surface area contributed by atoms with Gasteiger partial charge >= 0.3 is 5.97 Å². The van der Waals surface area contributed by atoms with Crippen LogP contribution in [0, 0.1) is 12.8 Å². The molecule has 1 fully saturated rings. The van der Waals surface area contributed by atoms with Crippen molar-refractivity contribution in [1.29, 1.82) is 0 Å². The minimum absolute atomic E-state index is 0.0773. The Balaban J connectivity index is 1.91. The molecule has 2 atom stereocenters. The smallest absolute Gasteiger partial charge is 0.310 e. The molecule has 2 rings (SSSR count). The van der Waals surface area contributed by atoms with Gasteiger partial charge in [-0.2, -0.15) is 0 Å². The summed E-state index contributed by atoms with van der Waals surface area (Å²) in [4.78, 5) is 11.8. The Morgan fingerprint density at radius 3 is 2.82 bits per heavy atom. The number of esters is 1. The molecular weight excluding hydrogens is 216 g/mol. The third kappa shape index (κ3) is 3.07. The van der Waals surface area contributed by atoms with E-state index in [0.29, 0.717) is 25.6 Å². The van der Waals surface area contributed by atoms with E-state index in [2.05, 4.69) is 0 Å². The summed E-state index contributed by atoms with van der Waals surface area (Å²) in [7, 11) is 0.